The molecule has 0 unspecified atom stereocenters. The maximum absolute atomic E-state index is 5.20. The molecule has 0 radical (unpaired) electrons. The van der Waals surface area contributed by atoms with Gasteiger partial charge in [-0.2, -0.15) is 0 Å². The van der Waals surface area contributed by atoms with E-state index >= 15 is 0 Å². The molecule has 20 heavy (non-hydrogen) atoms. The zero-order chi connectivity index (χ0) is 13.7. The van der Waals surface area contributed by atoms with E-state index in [1.54, 1.807) is 0 Å². The molecule has 0 aliphatic heterocycles. The molecule has 2 aliphatic rings. The summed E-state index contributed by atoms with van der Waals surface area (Å²) in [6.07, 6.45) is 4.08. The first-order chi connectivity index (χ1) is 8.95. The smallest absolute Gasteiger partial charge is 0.653 e. The number of benzene rings is 1. The van der Waals surface area contributed by atoms with Crippen molar-refractivity contribution in [3.05, 3.63) is 41.2 Å². The van der Waals surface area contributed by atoms with Gasteiger partial charge >= 0.3 is 18.9 Å². The Morgan fingerprint density at radius 2 is 1.80 bits per heavy atom. The van der Waals surface area contributed by atoms with E-state index in [1.165, 1.54) is 24.8 Å². The monoisotopic (exact) mass is 263 g/mol. The van der Waals surface area contributed by atoms with E-state index in [0.29, 0.717) is 22.9 Å². The molecule has 1 aromatic carbocycles. The Balaban J connectivity index is 0.00000147. The van der Waals surface area contributed by atoms with E-state index < -0.39 is 0 Å². The molecule has 2 fully saturated rings. The predicted octanol–water partition coefficient (Wildman–Crippen LogP) is 2.34. The summed E-state index contributed by atoms with van der Waals surface area (Å²) >= 11 is 0. The molecule has 2 saturated carbocycles. The van der Waals surface area contributed by atoms with Crippen LogP contribution in [0, 0.1) is 16.7 Å². The Hall–Kier alpha value is -0.223. The van der Waals surface area contributed by atoms with Crippen molar-refractivity contribution in [2.75, 3.05) is 0 Å². The molecule has 0 amide bonds. The maximum atomic E-state index is 5.20. The van der Waals surface area contributed by atoms with Crippen LogP contribution in [0.25, 0.3) is 5.32 Å². The third kappa shape index (κ3) is 2.29. The average Bonchev–Trinajstić information content (AvgIpc) is 2.73. The first kappa shape index (κ1) is 16.2. The normalized spacial score (nSPS) is 35.6. The second-order valence-electron chi connectivity index (χ2n) is 7.36. The first-order valence-corrected chi connectivity index (χ1v) is 7.70. The zero-order valence-electron chi connectivity index (χ0n) is 13.7. The van der Waals surface area contributed by atoms with Gasteiger partial charge in [0.2, 0.25) is 0 Å². The molecule has 3 rings (SSSR count). The third-order valence-corrected chi connectivity index (χ3v) is 6.43. The molecule has 0 N–H and O–H groups in total. The number of rotatable bonds is 3. The molecule has 0 saturated heterocycles. The molecule has 2 aliphatic carbocycles. The Bertz CT molecular complexity index is 456. The van der Waals surface area contributed by atoms with Crippen molar-refractivity contribution in [3.63, 3.8) is 0 Å². The van der Waals surface area contributed by atoms with Crippen LogP contribution in [0.1, 0.15) is 58.6 Å². The van der Waals surface area contributed by atoms with Gasteiger partial charge in [-0.3, -0.25) is 0 Å². The van der Waals surface area contributed by atoms with Gasteiger partial charge in [-0.05, 0) is 29.6 Å². The summed E-state index contributed by atoms with van der Waals surface area (Å²) in [5.74, 6) is 0.884. The Morgan fingerprint density at radius 3 is 2.30 bits per heavy atom. The van der Waals surface area contributed by atoms with E-state index in [-0.39, 0.29) is 18.9 Å². The zero-order valence-corrected chi connectivity index (χ0v) is 13.7. The minimum Gasteiger partial charge on any atom is -0.653 e. The van der Waals surface area contributed by atoms with Crippen molar-refractivity contribution in [1.82, 2.24) is 0 Å². The molecule has 1 nitrogen and oxygen atoms in total. The molecule has 0 aromatic heterocycles. The molecule has 0 spiro atoms. The second-order valence-corrected chi connectivity index (χ2v) is 7.36. The number of hydrogen-bond acceptors (Lipinski definition) is 0. The number of nitrogens with zero attached hydrogens (tertiary/aromatic N) is 1. The topological polar surface area (TPSA) is 14.1 Å². The summed E-state index contributed by atoms with van der Waals surface area (Å²) in [5.41, 5.74) is 2.24. The van der Waals surface area contributed by atoms with Gasteiger partial charge in [0.1, 0.15) is 0 Å². The van der Waals surface area contributed by atoms with Crippen LogP contribution in [0.3, 0.4) is 0 Å². The largest absolute Gasteiger partial charge is 1.00 e. The average molecular weight is 263 g/mol. The number of fused-ring (bicyclic) bond motifs is 2. The van der Waals surface area contributed by atoms with Gasteiger partial charge in [0.15, 0.2) is 0 Å². The Labute approximate surface area is 136 Å². The minimum absolute atomic E-state index is 0. The van der Waals surface area contributed by atoms with E-state index in [2.05, 4.69) is 58.0 Å². The van der Waals surface area contributed by atoms with Crippen molar-refractivity contribution in [2.24, 2.45) is 16.7 Å². The fourth-order valence-electron chi connectivity index (χ4n) is 4.47. The van der Waals surface area contributed by atoms with Crippen LogP contribution in [0.4, 0.5) is 0 Å². The van der Waals surface area contributed by atoms with Gasteiger partial charge in [0, 0.05) is 0 Å². The molecule has 2 bridgehead atoms. The Kier molecular flexibility index (Phi) is 4.46. The minimum atomic E-state index is 0. The molecule has 1 aromatic rings. The summed E-state index contributed by atoms with van der Waals surface area (Å²) in [7, 11) is 0. The van der Waals surface area contributed by atoms with E-state index in [0.717, 1.165) is 5.92 Å². The van der Waals surface area contributed by atoms with Crippen LogP contribution in [0.5, 0.6) is 0 Å². The van der Waals surface area contributed by atoms with Gasteiger partial charge < -0.3 is 5.32 Å². The van der Waals surface area contributed by atoms with Crippen LogP contribution in [0.15, 0.2) is 30.3 Å². The Morgan fingerprint density at radius 1 is 1.15 bits per heavy atom. The van der Waals surface area contributed by atoms with Gasteiger partial charge in [0.05, 0.1) is 0 Å². The van der Waals surface area contributed by atoms with E-state index in [4.69, 9.17) is 5.32 Å². The van der Waals surface area contributed by atoms with Crippen molar-refractivity contribution in [2.45, 2.75) is 59.0 Å². The molecule has 4 atom stereocenters. The van der Waals surface area contributed by atoms with Crippen molar-refractivity contribution in [3.8, 4) is 0 Å². The van der Waals surface area contributed by atoms with Gasteiger partial charge in [-0.25, -0.2) is 0 Å². The quantitative estimate of drug-likeness (QED) is 0.743. The molecule has 2 heteroatoms. The summed E-state index contributed by atoms with van der Waals surface area (Å²) < 4.78 is 0. The fourth-order valence-corrected chi connectivity index (χ4v) is 4.47. The summed E-state index contributed by atoms with van der Waals surface area (Å²) in [4.78, 5) is 0. The van der Waals surface area contributed by atoms with Crippen molar-refractivity contribution < 1.29 is 18.9 Å². The predicted molar refractivity (Wildman–Crippen MR) is 81.2 cm³/mol. The number of hydrogen-bond donors (Lipinski definition) is 0. The molecule has 0 heterocycles. The van der Waals surface area contributed by atoms with Crippen LogP contribution in [-0.2, 0) is 0 Å². The summed E-state index contributed by atoms with van der Waals surface area (Å²) in [6, 6.07) is 11.6. The van der Waals surface area contributed by atoms with Crippen molar-refractivity contribution >= 4 is 0 Å². The van der Waals surface area contributed by atoms with Crippen LogP contribution in [-0.4, -0.2) is 6.04 Å². The first-order valence-electron chi connectivity index (χ1n) is 7.70. The third-order valence-electron chi connectivity index (χ3n) is 6.43. The molecule has 104 valence electrons. The van der Waals surface area contributed by atoms with Gasteiger partial charge in [-0.15, -0.1) is 12.1 Å². The van der Waals surface area contributed by atoms with Crippen LogP contribution >= 0.6 is 0 Å². The van der Waals surface area contributed by atoms with E-state index in [1.807, 2.05) is 0 Å². The van der Waals surface area contributed by atoms with Crippen molar-refractivity contribution in [1.29, 1.82) is 0 Å². The van der Waals surface area contributed by atoms with Crippen LogP contribution < -0.4 is 18.9 Å². The summed E-state index contributed by atoms with van der Waals surface area (Å²) in [6.45, 7) is 9.66. The standard InChI is InChI=1S/C18H26N.Li/c1-13(14-8-6-5-7-9-14)19-16-12-15-10-11-18(16,4)17(15,2)3;/h5-9,13,15-16H,10-12H2,1-4H3;/q-1;+1/t13-,15-,16-,18+;/m1./s1. The summed E-state index contributed by atoms with van der Waals surface area (Å²) in [5, 5.41) is 5.20. The second kappa shape index (κ2) is 5.52. The fraction of sp³-hybridized carbons (Fsp3) is 0.667. The van der Waals surface area contributed by atoms with E-state index in [9.17, 15) is 0 Å². The SMILES string of the molecule is C[C@@H]([N-][C@@H]1C[C@H]2CC[C@]1(C)C2(C)C)c1ccccc1.[Li+]. The van der Waals surface area contributed by atoms with Crippen LogP contribution in [0.2, 0.25) is 0 Å². The van der Waals surface area contributed by atoms with Gasteiger partial charge in [-0.1, -0.05) is 70.0 Å². The van der Waals surface area contributed by atoms with Gasteiger partial charge in [0.25, 0.3) is 0 Å². The molecular weight excluding hydrogens is 237 g/mol. The molecular formula is C18H26LiN. The maximum Gasteiger partial charge on any atom is 1.00 e.